The van der Waals surface area contributed by atoms with Gasteiger partial charge in [-0.3, -0.25) is 0 Å². The predicted octanol–water partition coefficient (Wildman–Crippen LogP) is 8.82. The smallest absolute Gasteiger partial charge is 0.101 e. The molecule has 4 nitrogen and oxygen atoms in total. The van der Waals surface area contributed by atoms with Gasteiger partial charge in [0.2, 0.25) is 0 Å². The molecule has 2 atom stereocenters. The SMILES string of the molecule is CC(C=CC=C(C)C=CC=C(C)C=CC(O)C(C)(C)O)=CC=CC=C(C)C=CC=C(C)C=CC=C(C)C=CC(O)C(C)(C)O. The molecule has 0 saturated carbocycles. The Bertz CT molecular complexity index is 1180. The molecule has 0 spiro atoms. The van der Waals surface area contributed by atoms with Crippen LogP contribution in [0.4, 0.5) is 0 Å². The minimum absolute atomic E-state index is 0.909. The van der Waals surface area contributed by atoms with E-state index in [0.717, 1.165) is 33.4 Å². The largest absolute Gasteiger partial charge is 0.387 e. The fourth-order valence-corrected chi connectivity index (χ4v) is 3.11. The third kappa shape index (κ3) is 22.1. The van der Waals surface area contributed by atoms with Gasteiger partial charge < -0.3 is 20.4 Å². The molecule has 0 radical (unpaired) electrons. The second-order valence-electron chi connectivity index (χ2n) is 12.2. The highest BCUT2D eigenvalue weighted by atomic mass is 16.3. The van der Waals surface area contributed by atoms with Gasteiger partial charge in [0.25, 0.3) is 0 Å². The lowest BCUT2D eigenvalue weighted by molar-refractivity contribution is -0.0227. The van der Waals surface area contributed by atoms with Crippen LogP contribution in [-0.4, -0.2) is 43.8 Å². The predicted molar refractivity (Wildman–Crippen MR) is 191 cm³/mol. The van der Waals surface area contributed by atoms with Crippen LogP contribution in [0.3, 0.4) is 0 Å². The molecule has 0 saturated heterocycles. The highest BCUT2D eigenvalue weighted by Gasteiger charge is 2.21. The molecule has 44 heavy (non-hydrogen) atoms. The molecule has 0 bridgehead atoms. The minimum Gasteiger partial charge on any atom is -0.387 e. The molecule has 4 heteroatoms. The quantitative estimate of drug-likeness (QED) is 0.133. The normalized spacial score (nSPS) is 17.8. The van der Waals surface area contributed by atoms with Crippen molar-refractivity contribution in [2.24, 2.45) is 0 Å². The summed E-state index contributed by atoms with van der Waals surface area (Å²) in [7, 11) is 0. The van der Waals surface area contributed by atoms with Crippen molar-refractivity contribution in [3.63, 3.8) is 0 Å². The van der Waals surface area contributed by atoms with Crippen molar-refractivity contribution >= 4 is 0 Å². The summed E-state index contributed by atoms with van der Waals surface area (Å²) < 4.78 is 0. The fourth-order valence-electron chi connectivity index (χ4n) is 3.11. The van der Waals surface area contributed by atoms with Gasteiger partial charge >= 0.3 is 0 Å². The van der Waals surface area contributed by atoms with Gasteiger partial charge in [-0.15, -0.1) is 0 Å². The van der Waals surface area contributed by atoms with E-state index in [1.54, 1.807) is 52.0 Å². The van der Waals surface area contributed by atoms with Gasteiger partial charge in [-0.2, -0.15) is 0 Å². The highest BCUT2D eigenvalue weighted by molar-refractivity contribution is 5.33. The molecule has 0 aromatic carbocycles. The van der Waals surface area contributed by atoms with E-state index in [2.05, 4.69) is 38.2 Å². The van der Waals surface area contributed by atoms with Crippen molar-refractivity contribution in [3.05, 3.63) is 155 Å². The molecule has 0 fully saturated rings. The first-order valence-corrected chi connectivity index (χ1v) is 15.0. The monoisotopic (exact) mass is 600 g/mol. The maximum Gasteiger partial charge on any atom is 0.101 e. The molecule has 0 aliphatic rings. The van der Waals surface area contributed by atoms with Crippen LogP contribution >= 0.6 is 0 Å². The lowest BCUT2D eigenvalue weighted by Crippen LogP contribution is -2.34. The van der Waals surface area contributed by atoms with E-state index in [4.69, 9.17) is 0 Å². The van der Waals surface area contributed by atoms with Gasteiger partial charge in [0.05, 0.1) is 11.2 Å². The third-order valence-electron chi connectivity index (χ3n) is 6.23. The maximum atomic E-state index is 9.87. The van der Waals surface area contributed by atoms with Crippen molar-refractivity contribution in [3.8, 4) is 0 Å². The summed E-state index contributed by atoms with van der Waals surface area (Å²) in [6, 6.07) is 0. The zero-order valence-corrected chi connectivity index (χ0v) is 28.5. The Labute approximate surface area is 267 Å². The fraction of sp³-hybridized carbons (Fsp3) is 0.350. The van der Waals surface area contributed by atoms with Crippen molar-refractivity contribution in [1.29, 1.82) is 0 Å². The third-order valence-corrected chi connectivity index (χ3v) is 6.23. The van der Waals surface area contributed by atoms with Crippen molar-refractivity contribution in [2.75, 3.05) is 0 Å². The Kier molecular flexibility index (Phi) is 19.5. The van der Waals surface area contributed by atoms with Gasteiger partial charge in [-0.05, 0) is 69.2 Å². The zero-order valence-electron chi connectivity index (χ0n) is 28.5. The first-order chi connectivity index (χ1) is 20.4. The summed E-state index contributed by atoms with van der Waals surface area (Å²) in [6.07, 6.45) is 37.3. The molecule has 0 amide bonds. The Morgan fingerprint density at radius 3 is 0.818 bits per heavy atom. The molecule has 240 valence electrons. The first-order valence-electron chi connectivity index (χ1n) is 15.0. The van der Waals surface area contributed by atoms with Gasteiger partial charge in [0.1, 0.15) is 12.2 Å². The molecule has 0 aliphatic heterocycles. The topological polar surface area (TPSA) is 80.9 Å². The van der Waals surface area contributed by atoms with Crippen molar-refractivity contribution < 1.29 is 20.4 Å². The number of allylic oxidation sites excluding steroid dienone is 24. The van der Waals surface area contributed by atoms with Crippen molar-refractivity contribution in [1.82, 2.24) is 0 Å². The van der Waals surface area contributed by atoms with E-state index >= 15 is 0 Å². The van der Waals surface area contributed by atoms with Crippen LogP contribution in [0.15, 0.2) is 155 Å². The van der Waals surface area contributed by atoms with Crippen LogP contribution in [0.5, 0.6) is 0 Å². The average molecular weight is 601 g/mol. The number of rotatable bonds is 16. The Morgan fingerprint density at radius 2 is 0.591 bits per heavy atom. The van der Waals surface area contributed by atoms with E-state index in [9.17, 15) is 20.4 Å². The van der Waals surface area contributed by atoms with Crippen LogP contribution in [0, 0.1) is 0 Å². The number of aliphatic hydroxyl groups is 4. The first kappa shape index (κ1) is 40.5. The van der Waals surface area contributed by atoms with Gasteiger partial charge in [0, 0.05) is 0 Å². The molecule has 4 N–H and O–H groups in total. The second kappa shape index (κ2) is 21.2. The summed E-state index contributed by atoms with van der Waals surface area (Å²) in [5.41, 5.74) is 4.15. The lowest BCUT2D eigenvalue weighted by atomic mass is 10.0. The minimum atomic E-state index is -1.16. The number of hydrogen-bond acceptors (Lipinski definition) is 4. The van der Waals surface area contributed by atoms with Gasteiger partial charge in [0.15, 0.2) is 0 Å². The highest BCUT2D eigenvalue weighted by Crippen LogP contribution is 2.12. The molecule has 0 heterocycles. The summed E-state index contributed by atoms with van der Waals surface area (Å²) in [5.74, 6) is 0. The van der Waals surface area contributed by atoms with E-state index in [1.165, 1.54) is 0 Å². The van der Waals surface area contributed by atoms with E-state index < -0.39 is 23.4 Å². The summed E-state index contributed by atoms with van der Waals surface area (Å²) in [5, 5.41) is 39.3. The maximum absolute atomic E-state index is 9.87. The Balaban J connectivity index is 4.87. The molecule has 0 aliphatic carbocycles. The van der Waals surface area contributed by atoms with Crippen LogP contribution < -0.4 is 0 Å². The summed E-state index contributed by atoms with van der Waals surface area (Å²) in [4.78, 5) is 0. The molecule has 0 rings (SSSR count). The summed E-state index contributed by atoms with van der Waals surface area (Å²) >= 11 is 0. The van der Waals surface area contributed by atoms with Crippen LogP contribution in [-0.2, 0) is 0 Å². The molecule has 2 unspecified atom stereocenters. The standard InChI is InChI=1S/C40H56O4/c1-31(19-13-21-33(3)23-15-25-35(5)27-29-37(41)39(7,8)43)17-11-12-18-32(2)20-14-22-34(4)24-16-26-36(6)28-30-38(42)40(9,10)44/h11-30,37-38,41-44H,1-10H3. The average Bonchev–Trinajstić information content (AvgIpc) is 2.91. The van der Waals surface area contributed by atoms with Gasteiger partial charge in [-0.25, -0.2) is 0 Å². The van der Waals surface area contributed by atoms with Crippen LogP contribution in [0.1, 0.15) is 69.2 Å². The zero-order chi connectivity index (χ0) is 33.8. The number of hydrogen-bond donors (Lipinski definition) is 4. The number of aliphatic hydroxyl groups excluding tert-OH is 2. The van der Waals surface area contributed by atoms with Crippen LogP contribution in [0.25, 0.3) is 0 Å². The molecule has 0 aromatic heterocycles. The second-order valence-corrected chi connectivity index (χ2v) is 12.2. The van der Waals surface area contributed by atoms with Gasteiger partial charge in [-0.1, -0.05) is 155 Å². The summed E-state index contributed by atoms with van der Waals surface area (Å²) in [6.45, 7) is 18.4. The van der Waals surface area contributed by atoms with E-state index in [-0.39, 0.29) is 0 Å². The Hall–Kier alpha value is -3.54. The molecular formula is C40H56O4. The lowest BCUT2D eigenvalue weighted by Gasteiger charge is -2.21. The molecular weight excluding hydrogens is 544 g/mol. The van der Waals surface area contributed by atoms with Crippen LogP contribution in [0.2, 0.25) is 0 Å². The van der Waals surface area contributed by atoms with E-state index in [0.29, 0.717) is 0 Å². The van der Waals surface area contributed by atoms with Crippen molar-refractivity contribution in [2.45, 2.75) is 92.6 Å². The van der Waals surface area contributed by atoms with E-state index in [1.807, 2.05) is 101 Å². The molecule has 0 aromatic rings. The Morgan fingerprint density at radius 1 is 0.386 bits per heavy atom.